The maximum absolute atomic E-state index is 12.2. The minimum absolute atomic E-state index is 0.0226. The van der Waals surface area contributed by atoms with Crippen LogP contribution in [0.1, 0.15) is 29.8 Å². The van der Waals surface area contributed by atoms with E-state index in [4.69, 9.17) is 4.74 Å². The second-order valence-corrected chi connectivity index (χ2v) is 5.02. The quantitative estimate of drug-likeness (QED) is 0.837. The number of hydrogen-bond donors (Lipinski definition) is 2. The molecule has 1 amide bonds. The molecule has 1 aliphatic carbocycles. The van der Waals surface area contributed by atoms with Crippen molar-refractivity contribution in [2.75, 3.05) is 13.2 Å². The fourth-order valence-electron chi connectivity index (χ4n) is 2.39. The molecule has 116 valence electrons. The number of rotatable bonds is 6. The van der Waals surface area contributed by atoms with E-state index in [1.54, 1.807) is 0 Å². The first kappa shape index (κ1) is 15.6. The van der Waals surface area contributed by atoms with E-state index in [-0.39, 0.29) is 17.4 Å². The van der Waals surface area contributed by atoms with Gasteiger partial charge in [0.25, 0.3) is 12.3 Å². The van der Waals surface area contributed by atoms with Gasteiger partial charge in [-0.05, 0) is 25.0 Å². The van der Waals surface area contributed by atoms with Gasteiger partial charge in [0.15, 0.2) is 11.4 Å². The van der Waals surface area contributed by atoms with Crippen molar-refractivity contribution in [3.05, 3.63) is 24.0 Å². The Bertz CT molecular complexity index is 485. The predicted octanol–water partition coefficient (Wildman–Crippen LogP) is 1.62. The van der Waals surface area contributed by atoms with Crippen LogP contribution in [0.5, 0.6) is 5.75 Å². The molecule has 5 nitrogen and oxygen atoms in total. The van der Waals surface area contributed by atoms with Gasteiger partial charge in [0.1, 0.15) is 6.61 Å². The van der Waals surface area contributed by atoms with E-state index in [0.717, 1.165) is 19.3 Å². The second kappa shape index (κ2) is 7.31. The maximum atomic E-state index is 12.2. The van der Waals surface area contributed by atoms with E-state index in [9.17, 15) is 18.7 Å². The minimum Gasteiger partial charge on any atom is -0.485 e. The molecule has 2 rings (SSSR count). The Labute approximate surface area is 121 Å². The number of carbonyl (C=O) groups excluding carboxylic acids is 1. The van der Waals surface area contributed by atoms with Gasteiger partial charge in [0.05, 0.1) is 6.10 Å². The summed E-state index contributed by atoms with van der Waals surface area (Å²) in [5, 5.41) is 12.4. The zero-order chi connectivity index (χ0) is 15.2. The van der Waals surface area contributed by atoms with E-state index in [1.165, 1.54) is 18.3 Å². The second-order valence-electron chi connectivity index (χ2n) is 5.02. The van der Waals surface area contributed by atoms with E-state index >= 15 is 0 Å². The molecule has 0 spiro atoms. The van der Waals surface area contributed by atoms with E-state index in [2.05, 4.69) is 10.3 Å². The number of nitrogens with zero attached hydrogens (tertiary/aromatic N) is 1. The Morgan fingerprint density at radius 1 is 1.52 bits per heavy atom. The van der Waals surface area contributed by atoms with Crippen molar-refractivity contribution >= 4 is 5.91 Å². The van der Waals surface area contributed by atoms with Gasteiger partial charge in [-0.15, -0.1) is 0 Å². The molecule has 0 bridgehead atoms. The van der Waals surface area contributed by atoms with Crippen LogP contribution in [0, 0.1) is 5.92 Å². The Morgan fingerprint density at radius 2 is 2.33 bits per heavy atom. The molecule has 2 unspecified atom stereocenters. The van der Waals surface area contributed by atoms with Crippen molar-refractivity contribution in [2.45, 2.75) is 31.8 Å². The van der Waals surface area contributed by atoms with Crippen LogP contribution in [0.4, 0.5) is 8.78 Å². The molecule has 2 N–H and O–H groups in total. The van der Waals surface area contributed by atoms with Crippen LogP contribution in [0.25, 0.3) is 0 Å². The number of pyridine rings is 1. The average Bonchev–Trinajstić information content (AvgIpc) is 2.88. The van der Waals surface area contributed by atoms with Crippen molar-refractivity contribution in [3.63, 3.8) is 0 Å². The van der Waals surface area contributed by atoms with Crippen molar-refractivity contribution in [1.82, 2.24) is 10.3 Å². The predicted molar refractivity (Wildman–Crippen MR) is 71.4 cm³/mol. The topological polar surface area (TPSA) is 71.5 Å². The van der Waals surface area contributed by atoms with Crippen molar-refractivity contribution < 1.29 is 23.4 Å². The molecule has 0 aromatic carbocycles. The van der Waals surface area contributed by atoms with E-state index in [1.807, 2.05) is 0 Å². The van der Waals surface area contributed by atoms with Gasteiger partial charge in [-0.3, -0.25) is 4.79 Å². The average molecular weight is 300 g/mol. The van der Waals surface area contributed by atoms with Crippen molar-refractivity contribution in [1.29, 1.82) is 0 Å². The minimum atomic E-state index is -2.62. The molecule has 0 saturated heterocycles. The number of amides is 1. The first-order chi connectivity index (χ1) is 10.1. The summed E-state index contributed by atoms with van der Waals surface area (Å²) in [5.74, 6) is -0.427. The Balaban J connectivity index is 1.95. The lowest BCUT2D eigenvalue weighted by molar-refractivity contribution is 0.0785. The summed E-state index contributed by atoms with van der Waals surface area (Å²) in [5.41, 5.74) is -0.0226. The molecule has 7 heteroatoms. The van der Waals surface area contributed by atoms with Gasteiger partial charge in [0.2, 0.25) is 0 Å². The standard InChI is InChI=1S/C14H18F2N2O3/c15-12(16)8-21-11-5-2-6-17-13(11)14(20)18-7-9-3-1-4-10(9)19/h2,5-6,9-10,12,19H,1,3-4,7-8H2,(H,18,20). The monoisotopic (exact) mass is 300 g/mol. The molecule has 1 aromatic rings. The smallest absolute Gasteiger partial charge is 0.273 e. The first-order valence-electron chi connectivity index (χ1n) is 6.90. The normalized spacial score (nSPS) is 21.5. The molecule has 1 saturated carbocycles. The molecule has 1 aromatic heterocycles. The molecular weight excluding hydrogens is 282 g/mol. The van der Waals surface area contributed by atoms with Gasteiger partial charge in [-0.1, -0.05) is 6.42 Å². The number of carbonyl (C=O) groups is 1. The highest BCUT2D eigenvalue weighted by Crippen LogP contribution is 2.25. The SMILES string of the molecule is O=C(NCC1CCCC1O)c1ncccc1OCC(F)F. The number of nitrogens with one attached hydrogen (secondary N) is 1. The van der Waals surface area contributed by atoms with Crippen LogP contribution in [0.2, 0.25) is 0 Å². The lowest BCUT2D eigenvalue weighted by atomic mass is 10.1. The summed E-state index contributed by atoms with van der Waals surface area (Å²) in [7, 11) is 0. The van der Waals surface area contributed by atoms with Crippen LogP contribution in [0.15, 0.2) is 18.3 Å². The molecule has 1 heterocycles. The fourth-order valence-corrected chi connectivity index (χ4v) is 2.39. The Hall–Kier alpha value is -1.76. The van der Waals surface area contributed by atoms with Gasteiger partial charge in [-0.2, -0.15) is 0 Å². The number of aliphatic hydroxyl groups is 1. The molecule has 0 radical (unpaired) electrons. The van der Waals surface area contributed by atoms with E-state index < -0.39 is 25.0 Å². The molecule has 0 aliphatic heterocycles. The summed E-state index contributed by atoms with van der Waals surface area (Å²) >= 11 is 0. The molecule has 2 atom stereocenters. The van der Waals surface area contributed by atoms with Crippen LogP contribution < -0.4 is 10.1 Å². The molecule has 21 heavy (non-hydrogen) atoms. The third-order valence-electron chi connectivity index (χ3n) is 3.49. The number of alkyl halides is 2. The van der Waals surface area contributed by atoms with Crippen molar-refractivity contribution in [2.24, 2.45) is 5.92 Å². The van der Waals surface area contributed by atoms with E-state index in [0.29, 0.717) is 6.54 Å². The van der Waals surface area contributed by atoms with Crippen LogP contribution >= 0.6 is 0 Å². The highest BCUT2D eigenvalue weighted by molar-refractivity contribution is 5.94. The summed E-state index contributed by atoms with van der Waals surface area (Å²) in [6, 6.07) is 2.94. The number of hydrogen-bond acceptors (Lipinski definition) is 4. The molecule has 1 aliphatic rings. The zero-order valence-corrected chi connectivity index (χ0v) is 11.5. The lowest BCUT2D eigenvalue weighted by Gasteiger charge is -2.15. The largest absolute Gasteiger partial charge is 0.485 e. The van der Waals surface area contributed by atoms with Crippen LogP contribution in [-0.2, 0) is 0 Å². The van der Waals surface area contributed by atoms with Gasteiger partial charge < -0.3 is 15.2 Å². The first-order valence-corrected chi connectivity index (χ1v) is 6.90. The Morgan fingerprint density at radius 3 is 3.00 bits per heavy atom. The summed E-state index contributed by atoms with van der Waals surface area (Å²) < 4.78 is 29.2. The fraction of sp³-hybridized carbons (Fsp3) is 0.571. The third kappa shape index (κ3) is 4.35. The molecule has 1 fully saturated rings. The van der Waals surface area contributed by atoms with Gasteiger partial charge in [-0.25, -0.2) is 13.8 Å². The van der Waals surface area contributed by atoms with Gasteiger partial charge >= 0.3 is 0 Å². The van der Waals surface area contributed by atoms with Crippen LogP contribution in [-0.4, -0.2) is 41.7 Å². The number of ether oxygens (including phenoxy) is 1. The van der Waals surface area contributed by atoms with Gasteiger partial charge in [0, 0.05) is 18.7 Å². The zero-order valence-electron chi connectivity index (χ0n) is 11.5. The third-order valence-corrected chi connectivity index (χ3v) is 3.49. The molecular formula is C14H18F2N2O3. The summed E-state index contributed by atoms with van der Waals surface area (Å²) in [6.45, 7) is -0.446. The number of aliphatic hydroxyl groups excluding tert-OH is 1. The van der Waals surface area contributed by atoms with Crippen LogP contribution in [0.3, 0.4) is 0 Å². The highest BCUT2D eigenvalue weighted by Gasteiger charge is 2.26. The lowest BCUT2D eigenvalue weighted by Crippen LogP contribution is -2.33. The maximum Gasteiger partial charge on any atom is 0.273 e. The number of halogens is 2. The van der Waals surface area contributed by atoms with Crippen molar-refractivity contribution in [3.8, 4) is 5.75 Å². The summed E-state index contributed by atoms with van der Waals surface area (Å²) in [4.78, 5) is 15.9. The summed E-state index contributed by atoms with van der Waals surface area (Å²) in [6.07, 6.45) is 0.923. The highest BCUT2D eigenvalue weighted by atomic mass is 19.3. The Kier molecular flexibility index (Phi) is 5.44. The number of aromatic nitrogens is 1.